The Labute approximate surface area is 65.6 Å². The molecule has 62 valence electrons. The minimum atomic E-state index is -2.39. The zero-order chi connectivity index (χ0) is 6.74. The number of quaternary nitrogens is 1. The minimum Gasteiger partial charge on any atom is -1.00 e. The van der Waals surface area contributed by atoms with E-state index >= 15 is 0 Å². The Morgan fingerprint density at radius 2 is 1.90 bits per heavy atom. The van der Waals surface area contributed by atoms with Gasteiger partial charge in [0.2, 0.25) is 0 Å². The third kappa shape index (κ3) is 3.32. The molecule has 0 aliphatic carbocycles. The molecule has 0 spiro atoms. The van der Waals surface area contributed by atoms with Crippen LogP contribution in [0, 0.1) is 0 Å². The molecule has 0 radical (unpaired) electrons. The first-order chi connectivity index (χ1) is 4.21. The summed E-state index contributed by atoms with van der Waals surface area (Å²) >= 11 is 0. The van der Waals surface area contributed by atoms with Gasteiger partial charge in [0.15, 0.2) is 0 Å². The van der Waals surface area contributed by atoms with Crippen molar-refractivity contribution in [3.8, 4) is 0 Å². The summed E-state index contributed by atoms with van der Waals surface area (Å²) in [6, 6.07) is 0. The van der Waals surface area contributed by atoms with Gasteiger partial charge >= 0.3 is 0 Å². The molecule has 4 heteroatoms. The van der Waals surface area contributed by atoms with Crippen LogP contribution in [0.5, 0.6) is 0 Å². The highest BCUT2D eigenvalue weighted by Gasteiger charge is 2.31. The lowest BCUT2D eigenvalue weighted by atomic mass is 10.2. The van der Waals surface area contributed by atoms with Crippen LogP contribution >= 0.6 is 0 Å². The SMILES string of the molecule is FC1(F)CCCC[NH2+]C1.[Cl-]. The van der Waals surface area contributed by atoms with E-state index in [0.29, 0.717) is 6.42 Å². The molecule has 0 aromatic carbocycles. The largest absolute Gasteiger partial charge is 1.00 e. The molecule has 2 N–H and O–H groups in total. The Hall–Kier alpha value is 0.110. The second-order valence-electron chi connectivity index (χ2n) is 2.59. The van der Waals surface area contributed by atoms with Gasteiger partial charge in [-0.2, -0.15) is 0 Å². The molecule has 0 bridgehead atoms. The molecule has 1 heterocycles. The summed E-state index contributed by atoms with van der Waals surface area (Å²) in [5.74, 6) is -2.39. The summed E-state index contributed by atoms with van der Waals surface area (Å²) in [5.41, 5.74) is 0. The lowest BCUT2D eigenvalue weighted by molar-refractivity contribution is -0.666. The highest BCUT2D eigenvalue weighted by atomic mass is 35.5. The number of alkyl halides is 2. The van der Waals surface area contributed by atoms with Gasteiger partial charge in [-0.15, -0.1) is 0 Å². The summed E-state index contributed by atoms with van der Waals surface area (Å²) in [6.07, 6.45) is 1.71. The van der Waals surface area contributed by atoms with Crippen molar-refractivity contribution < 1.29 is 26.5 Å². The van der Waals surface area contributed by atoms with E-state index in [0.717, 1.165) is 13.0 Å². The molecular formula is C6H12ClF2N. The summed E-state index contributed by atoms with van der Waals surface area (Å²) < 4.78 is 24.9. The average molecular weight is 172 g/mol. The molecule has 0 aromatic rings. The molecule has 0 unspecified atom stereocenters. The number of halogens is 3. The normalized spacial score (nSPS) is 24.6. The second-order valence-corrected chi connectivity index (χ2v) is 2.59. The maximum atomic E-state index is 12.4. The topological polar surface area (TPSA) is 16.6 Å². The van der Waals surface area contributed by atoms with Crippen LogP contribution in [0.25, 0.3) is 0 Å². The van der Waals surface area contributed by atoms with Gasteiger partial charge in [-0.05, 0) is 12.8 Å². The fourth-order valence-electron chi connectivity index (χ4n) is 1.09. The Morgan fingerprint density at radius 1 is 1.20 bits per heavy atom. The Bertz CT molecular complexity index is 87.7. The standard InChI is InChI=1S/C6H11F2N.ClH/c7-6(8)3-1-2-4-9-5-6;/h9H,1-5H2;1H. The van der Waals surface area contributed by atoms with Crippen molar-refractivity contribution in [2.24, 2.45) is 0 Å². The smallest absolute Gasteiger partial charge is 0.295 e. The van der Waals surface area contributed by atoms with Gasteiger partial charge in [-0.3, -0.25) is 0 Å². The molecule has 0 amide bonds. The number of nitrogens with two attached hydrogens (primary N) is 1. The van der Waals surface area contributed by atoms with E-state index in [1.807, 2.05) is 0 Å². The Balaban J connectivity index is 0.000000810. The number of rotatable bonds is 0. The molecule has 10 heavy (non-hydrogen) atoms. The van der Waals surface area contributed by atoms with Crippen molar-refractivity contribution in [1.82, 2.24) is 0 Å². The van der Waals surface area contributed by atoms with Crippen LogP contribution in [0.3, 0.4) is 0 Å². The van der Waals surface area contributed by atoms with Crippen LogP contribution in [0.4, 0.5) is 8.78 Å². The zero-order valence-electron chi connectivity index (χ0n) is 5.75. The van der Waals surface area contributed by atoms with Crippen molar-refractivity contribution in [2.45, 2.75) is 25.2 Å². The molecule has 1 fully saturated rings. The average Bonchev–Trinajstić information content (AvgIpc) is 1.92. The van der Waals surface area contributed by atoms with E-state index in [2.05, 4.69) is 0 Å². The molecule has 1 aliphatic heterocycles. The summed E-state index contributed by atoms with van der Waals surface area (Å²) in [7, 11) is 0. The maximum absolute atomic E-state index is 12.4. The van der Waals surface area contributed by atoms with E-state index in [4.69, 9.17) is 0 Å². The predicted octanol–water partition coefficient (Wildman–Crippen LogP) is -2.63. The molecule has 1 saturated heterocycles. The van der Waals surface area contributed by atoms with E-state index in [-0.39, 0.29) is 25.4 Å². The van der Waals surface area contributed by atoms with Gasteiger partial charge < -0.3 is 17.7 Å². The molecule has 1 nitrogen and oxygen atoms in total. The first-order valence-corrected chi connectivity index (χ1v) is 3.40. The van der Waals surface area contributed by atoms with Gasteiger partial charge in [0, 0.05) is 6.42 Å². The maximum Gasteiger partial charge on any atom is 0.295 e. The second kappa shape index (κ2) is 4.09. The van der Waals surface area contributed by atoms with Crippen molar-refractivity contribution >= 4 is 0 Å². The first kappa shape index (κ1) is 10.1. The highest BCUT2D eigenvalue weighted by Crippen LogP contribution is 2.19. The third-order valence-electron chi connectivity index (χ3n) is 1.64. The lowest BCUT2D eigenvalue weighted by Gasteiger charge is -2.08. The number of hydrogen-bond donors (Lipinski definition) is 1. The van der Waals surface area contributed by atoms with Crippen LogP contribution in [-0.2, 0) is 0 Å². The summed E-state index contributed by atoms with van der Waals surface area (Å²) in [6.45, 7) is 0.864. The van der Waals surface area contributed by atoms with Gasteiger partial charge in [0.05, 0.1) is 6.54 Å². The molecule has 0 saturated carbocycles. The Kier molecular flexibility index (Phi) is 4.13. The number of hydrogen-bond acceptors (Lipinski definition) is 0. The fourth-order valence-corrected chi connectivity index (χ4v) is 1.09. The Morgan fingerprint density at radius 3 is 2.60 bits per heavy atom. The third-order valence-corrected chi connectivity index (χ3v) is 1.64. The van der Waals surface area contributed by atoms with Crippen LogP contribution in [0.1, 0.15) is 19.3 Å². The van der Waals surface area contributed by atoms with Crippen molar-refractivity contribution in [3.63, 3.8) is 0 Å². The van der Waals surface area contributed by atoms with Gasteiger partial charge in [0.25, 0.3) is 5.92 Å². The van der Waals surface area contributed by atoms with Crippen LogP contribution in [0.15, 0.2) is 0 Å². The van der Waals surface area contributed by atoms with Crippen LogP contribution < -0.4 is 17.7 Å². The highest BCUT2D eigenvalue weighted by molar-refractivity contribution is 4.65. The van der Waals surface area contributed by atoms with Crippen LogP contribution in [-0.4, -0.2) is 19.0 Å². The molecule has 1 aliphatic rings. The molecule has 1 rings (SSSR count). The van der Waals surface area contributed by atoms with Crippen molar-refractivity contribution in [1.29, 1.82) is 0 Å². The molecule has 0 aromatic heterocycles. The molecule has 0 atom stereocenters. The summed E-state index contributed by atoms with van der Waals surface area (Å²) in [5, 5.41) is 1.70. The quantitative estimate of drug-likeness (QED) is 0.411. The van der Waals surface area contributed by atoms with E-state index in [9.17, 15) is 8.78 Å². The monoisotopic (exact) mass is 171 g/mol. The van der Waals surface area contributed by atoms with Gasteiger partial charge in [-0.1, -0.05) is 0 Å². The zero-order valence-corrected chi connectivity index (χ0v) is 6.50. The van der Waals surface area contributed by atoms with E-state index in [1.165, 1.54) is 0 Å². The predicted molar refractivity (Wildman–Crippen MR) is 30.5 cm³/mol. The van der Waals surface area contributed by atoms with Crippen LogP contribution in [0.2, 0.25) is 0 Å². The fraction of sp³-hybridized carbons (Fsp3) is 1.00. The first-order valence-electron chi connectivity index (χ1n) is 3.40. The van der Waals surface area contributed by atoms with Crippen molar-refractivity contribution in [2.75, 3.05) is 13.1 Å². The van der Waals surface area contributed by atoms with E-state index in [1.54, 1.807) is 5.32 Å². The molecular weight excluding hydrogens is 160 g/mol. The summed E-state index contributed by atoms with van der Waals surface area (Å²) in [4.78, 5) is 0. The van der Waals surface area contributed by atoms with Gasteiger partial charge in [-0.25, -0.2) is 8.78 Å². The minimum absolute atomic E-state index is 0. The van der Waals surface area contributed by atoms with Crippen molar-refractivity contribution in [3.05, 3.63) is 0 Å². The lowest BCUT2D eigenvalue weighted by Crippen LogP contribution is -3.00. The van der Waals surface area contributed by atoms with Gasteiger partial charge in [0.1, 0.15) is 6.54 Å². The van der Waals surface area contributed by atoms with E-state index < -0.39 is 5.92 Å².